The molecule has 0 aliphatic carbocycles. The first kappa shape index (κ1) is 18.7. The summed E-state index contributed by atoms with van der Waals surface area (Å²) in [5.74, 6) is 0.431. The molecule has 0 saturated heterocycles. The normalized spacial score (nSPS) is 11.3. The first-order valence-corrected chi connectivity index (χ1v) is 8.07. The maximum Gasteiger partial charge on any atom is 0.417 e. The number of halogens is 4. The lowest BCUT2D eigenvalue weighted by atomic mass is 10.1. The SMILES string of the molecule is Cc1cc(OCc2ccc(Cl)c(C(F)(F)F)c2)cc(-c2nn[nH]c2C#N)c1. The fourth-order valence-electron chi connectivity index (χ4n) is 2.52. The second-order valence-electron chi connectivity index (χ2n) is 5.78. The summed E-state index contributed by atoms with van der Waals surface area (Å²) in [5.41, 5.74) is 1.45. The highest BCUT2D eigenvalue weighted by Crippen LogP contribution is 2.35. The molecule has 0 atom stereocenters. The van der Waals surface area contributed by atoms with Crippen molar-refractivity contribution in [3.63, 3.8) is 0 Å². The molecule has 3 rings (SSSR count). The second kappa shape index (κ2) is 7.29. The number of ether oxygens (including phenoxy) is 1. The van der Waals surface area contributed by atoms with Crippen LogP contribution in [0.3, 0.4) is 0 Å². The maximum absolute atomic E-state index is 13.0. The van der Waals surface area contributed by atoms with E-state index >= 15 is 0 Å². The molecule has 1 heterocycles. The van der Waals surface area contributed by atoms with Gasteiger partial charge in [-0.15, -0.1) is 5.10 Å². The lowest BCUT2D eigenvalue weighted by molar-refractivity contribution is -0.137. The fourth-order valence-corrected chi connectivity index (χ4v) is 2.75. The van der Waals surface area contributed by atoms with E-state index in [4.69, 9.17) is 21.6 Å². The van der Waals surface area contributed by atoms with Gasteiger partial charge in [0.2, 0.25) is 0 Å². The van der Waals surface area contributed by atoms with Gasteiger partial charge in [0, 0.05) is 5.56 Å². The van der Waals surface area contributed by atoms with Crippen LogP contribution in [0.1, 0.15) is 22.4 Å². The molecule has 0 aliphatic rings. The Morgan fingerprint density at radius 2 is 2.00 bits per heavy atom. The van der Waals surface area contributed by atoms with Crippen LogP contribution >= 0.6 is 11.6 Å². The van der Waals surface area contributed by atoms with Crippen LogP contribution in [-0.2, 0) is 12.8 Å². The van der Waals surface area contributed by atoms with E-state index in [9.17, 15) is 13.2 Å². The van der Waals surface area contributed by atoms with E-state index in [0.29, 0.717) is 22.6 Å². The molecule has 0 radical (unpaired) electrons. The summed E-state index contributed by atoms with van der Waals surface area (Å²) < 4.78 is 44.5. The zero-order valence-corrected chi connectivity index (χ0v) is 14.7. The molecule has 5 nitrogen and oxygen atoms in total. The lowest BCUT2D eigenvalue weighted by Crippen LogP contribution is -2.07. The Hall–Kier alpha value is -3.05. The van der Waals surface area contributed by atoms with Gasteiger partial charge in [-0.05, 0) is 48.4 Å². The van der Waals surface area contributed by atoms with Crippen LogP contribution in [0.2, 0.25) is 5.02 Å². The second-order valence-corrected chi connectivity index (χ2v) is 6.19. The number of H-pyrrole nitrogens is 1. The van der Waals surface area contributed by atoms with Crippen LogP contribution in [0.4, 0.5) is 13.2 Å². The minimum absolute atomic E-state index is 0.0763. The number of benzene rings is 2. The van der Waals surface area contributed by atoms with Crippen molar-refractivity contribution in [2.24, 2.45) is 0 Å². The van der Waals surface area contributed by atoms with E-state index < -0.39 is 11.7 Å². The molecule has 0 aliphatic heterocycles. The predicted octanol–water partition coefficient (Wildman–Crippen LogP) is 4.90. The standard InChI is InChI=1S/C18H12ClF3N4O/c1-10-4-12(17-16(8-23)24-26-25-17)7-13(5-10)27-9-11-2-3-15(19)14(6-11)18(20,21)22/h2-7H,9H2,1H3,(H,24,25,26). The number of alkyl halides is 3. The highest BCUT2D eigenvalue weighted by Gasteiger charge is 2.33. The average Bonchev–Trinajstić information content (AvgIpc) is 3.08. The van der Waals surface area contributed by atoms with Gasteiger partial charge in [0.1, 0.15) is 24.1 Å². The van der Waals surface area contributed by atoms with Gasteiger partial charge < -0.3 is 4.74 Å². The Kier molecular flexibility index (Phi) is 5.06. The predicted molar refractivity (Wildman–Crippen MR) is 92.1 cm³/mol. The maximum atomic E-state index is 13.0. The van der Waals surface area contributed by atoms with E-state index in [2.05, 4.69) is 15.4 Å². The van der Waals surface area contributed by atoms with Gasteiger partial charge in [0.15, 0.2) is 5.69 Å². The number of rotatable bonds is 4. The molecule has 3 aromatic rings. The smallest absolute Gasteiger partial charge is 0.417 e. The number of aromatic nitrogens is 3. The Labute approximate surface area is 157 Å². The monoisotopic (exact) mass is 392 g/mol. The summed E-state index contributed by atoms with van der Waals surface area (Å²) in [6.07, 6.45) is -4.54. The summed E-state index contributed by atoms with van der Waals surface area (Å²) in [4.78, 5) is 0. The molecule has 27 heavy (non-hydrogen) atoms. The average molecular weight is 393 g/mol. The Balaban J connectivity index is 1.84. The van der Waals surface area contributed by atoms with Crippen molar-refractivity contribution in [3.8, 4) is 23.1 Å². The van der Waals surface area contributed by atoms with Crippen molar-refractivity contribution in [2.75, 3.05) is 0 Å². The number of nitriles is 1. The number of nitrogens with one attached hydrogen (secondary N) is 1. The van der Waals surface area contributed by atoms with E-state index in [1.807, 2.05) is 13.0 Å². The van der Waals surface area contributed by atoms with Crippen molar-refractivity contribution in [2.45, 2.75) is 19.7 Å². The van der Waals surface area contributed by atoms with Crippen molar-refractivity contribution in [3.05, 3.63) is 63.8 Å². The number of aryl methyl sites for hydroxylation is 1. The van der Waals surface area contributed by atoms with Crippen LogP contribution < -0.4 is 4.74 Å². The van der Waals surface area contributed by atoms with Gasteiger partial charge in [0.05, 0.1) is 10.6 Å². The molecule has 1 N–H and O–H groups in total. The van der Waals surface area contributed by atoms with Gasteiger partial charge in [0.25, 0.3) is 0 Å². The molecule has 0 bridgehead atoms. The van der Waals surface area contributed by atoms with E-state index in [0.717, 1.165) is 11.6 Å². The third-order valence-electron chi connectivity index (χ3n) is 3.73. The number of nitrogens with zero attached hydrogens (tertiary/aromatic N) is 3. The van der Waals surface area contributed by atoms with Crippen molar-refractivity contribution < 1.29 is 17.9 Å². The summed E-state index contributed by atoms with van der Waals surface area (Å²) in [6, 6.07) is 10.8. The summed E-state index contributed by atoms with van der Waals surface area (Å²) in [7, 11) is 0. The first-order valence-electron chi connectivity index (χ1n) is 7.69. The third-order valence-corrected chi connectivity index (χ3v) is 4.06. The molecule has 2 aromatic carbocycles. The molecule has 0 spiro atoms. The zero-order valence-electron chi connectivity index (χ0n) is 13.9. The van der Waals surface area contributed by atoms with Gasteiger partial charge in [-0.2, -0.15) is 18.4 Å². The van der Waals surface area contributed by atoms with Crippen molar-refractivity contribution in [1.82, 2.24) is 15.4 Å². The number of hydrogen-bond acceptors (Lipinski definition) is 4. The van der Waals surface area contributed by atoms with Crippen molar-refractivity contribution >= 4 is 11.6 Å². The Morgan fingerprint density at radius 3 is 2.70 bits per heavy atom. The van der Waals surface area contributed by atoms with E-state index in [1.54, 1.807) is 18.2 Å². The largest absolute Gasteiger partial charge is 0.489 e. The van der Waals surface area contributed by atoms with Crippen LogP contribution in [0.15, 0.2) is 36.4 Å². The quantitative estimate of drug-likeness (QED) is 0.685. The summed E-state index contributed by atoms with van der Waals surface area (Å²) >= 11 is 5.62. The van der Waals surface area contributed by atoms with Crippen molar-refractivity contribution in [1.29, 1.82) is 5.26 Å². The zero-order chi connectivity index (χ0) is 19.6. The lowest BCUT2D eigenvalue weighted by Gasteiger charge is -2.12. The van der Waals surface area contributed by atoms with E-state index in [-0.39, 0.29) is 17.3 Å². The first-order chi connectivity index (χ1) is 12.8. The minimum atomic E-state index is -4.54. The van der Waals surface area contributed by atoms with Gasteiger partial charge >= 0.3 is 6.18 Å². The van der Waals surface area contributed by atoms with Gasteiger partial charge in [-0.25, -0.2) is 5.10 Å². The Morgan fingerprint density at radius 1 is 1.22 bits per heavy atom. The molecule has 138 valence electrons. The minimum Gasteiger partial charge on any atom is -0.489 e. The molecule has 0 saturated carbocycles. The highest BCUT2D eigenvalue weighted by molar-refractivity contribution is 6.31. The molecule has 9 heteroatoms. The summed E-state index contributed by atoms with van der Waals surface area (Å²) in [6.45, 7) is 1.75. The van der Waals surface area contributed by atoms with Gasteiger partial charge in [-0.1, -0.05) is 22.9 Å². The van der Waals surface area contributed by atoms with Crippen LogP contribution in [0.5, 0.6) is 5.75 Å². The van der Waals surface area contributed by atoms with Crippen LogP contribution in [-0.4, -0.2) is 15.4 Å². The fraction of sp³-hybridized carbons (Fsp3) is 0.167. The highest BCUT2D eigenvalue weighted by atomic mass is 35.5. The topological polar surface area (TPSA) is 74.6 Å². The molecular formula is C18H12ClF3N4O. The molecule has 0 amide bonds. The molecule has 0 unspecified atom stereocenters. The Bertz CT molecular complexity index is 1020. The van der Waals surface area contributed by atoms with Gasteiger partial charge in [-0.3, -0.25) is 0 Å². The summed E-state index contributed by atoms with van der Waals surface area (Å²) in [5, 5.41) is 18.7. The number of aromatic amines is 1. The van der Waals surface area contributed by atoms with E-state index in [1.165, 1.54) is 12.1 Å². The molecule has 1 aromatic heterocycles. The third kappa shape index (κ3) is 4.20. The van der Waals surface area contributed by atoms with Crippen LogP contribution in [0.25, 0.3) is 11.3 Å². The molecular weight excluding hydrogens is 381 g/mol. The van der Waals surface area contributed by atoms with Crippen LogP contribution in [0, 0.1) is 18.3 Å². The number of hydrogen-bond donors (Lipinski definition) is 1. The molecule has 0 fully saturated rings.